The van der Waals surface area contributed by atoms with Gasteiger partial charge in [-0.15, -0.1) is 0 Å². The maximum Gasteiger partial charge on any atom is -0.00208 e. The predicted molar refractivity (Wildman–Crippen MR) is 149 cm³/mol. The molecule has 0 fully saturated rings. The molecule has 0 heteroatoms. The molecule has 8 aromatic rings. The van der Waals surface area contributed by atoms with Crippen LogP contribution in [0.4, 0.5) is 0 Å². The van der Waals surface area contributed by atoms with Gasteiger partial charge in [0.2, 0.25) is 0 Å². The summed E-state index contributed by atoms with van der Waals surface area (Å²) in [6, 6.07) is 40.3. The molecule has 0 atom stereocenters. The Morgan fingerprint density at radius 2 is 0.618 bits per heavy atom. The lowest BCUT2D eigenvalue weighted by Gasteiger charge is -2.13. The highest BCUT2D eigenvalue weighted by molar-refractivity contribution is 6.26. The number of hydrogen-bond acceptors (Lipinski definition) is 0. The van der Waals surface area contributed by atoms with Crippen molar-refractivity contribution in [3.63, 3.8) is 0 Å². The van der Waals surface area contributed by atoms with E-state index in [0.29, 0.717) is 0 Å². The normalized spacial score (nSPS) is 12.6. The second-order valence-electron chi connectivity index (χ2n) is 9.35. The van der Waals surface area contributed by atoms with Gasteiger partial charge in [-0.1, -0.05) is 121 Å². The van der Waals surface area contributed by atoms with Crippen LogP contribution >= 0.6 is 0 Å². The van der Waals surface area contributed by atoms with Gasteiger partial charge in [-0.05, 0) is 75.8 Å². The van der Waals surface area contributed by atoms with Gasteiger partial charge in [0.05, 0.1) is 0 Å². The molecule has 0 aliphatic heterocycles. The van der Waals surface area contributed by atoms with Gasteiger partial charge in [-0.2, -0.15) is 0 Å². The van der Waals surface area contributed by atoms with E-state index in [2.05, 4.69) is 121 Å². The van der Waals surface area contributed by atoms with Gasteiger partial charge in [-0.3, -0.25) is 0 Å². The van der Waals surface area contributed by atoms with Crippen LogP contribution < -0.4 is 0 Å². The molecule has 0 aliphatic rings. The average Bonchev–Trinajstić information content (AvgIpc) is 2.90. The largest absolute Gasteiger partial charge is 0.0610 e. The molecule has 156 valence electrons. The molecule has 8 aromatic carbocycles. The Hall–Kier alpha value is -4.42. The molecule has 8 rings (SSSR count). The Morgan fingerprint density at radius 3 is 1.03 bits per heavy atom. The first kappa shape index (κ1) is 18.1. The molecular weight excluding hydrogens is 408 g/mol. The van der Waals surface area contributed by atoms with E-state index >= 15 is 0 Å². The third kappa shape index (κ3) is 2.37. The third-order valence-electron chi connectivity index (χ3n) is 7.57. The molecule has 0 saturated carbocycles. The zero-order valence-electron chi connectivity index (χ0n) is 18.5. The fourth-order valence-electron chi connectivity index (χ4n) is 5.99. The highest BCUT2D eigenvalue weighted by atomic mass is 14.1. The van der Waals surface area contributed by atoms with Crippen LogP contribution in [0.1, 0.15) is 11.1 Å². The van der Waals surface area contributed by atoms with Crippen molar-refractivity contribution in [2.24, 2.45) is 0 Å². The van der Waals surface area contributed by atoms with Gasteiger partial charge in [0.15, 0.2) is 0 Å². The van der Waals surface area contributed by atoms with E-state index in [4.69, 9.17) is 0 Å². The van der Waals surface area contributed by atoms with Gasteiger partial charge in [0.25, 0.3) is 0 Å². The summed E-state index contributed by atoms with van der Waals surface area (Å²) in [6.45, 7) is 0. The first-order valence-corrected chi connectivity index (χ1v) is 11.9. The Labute approximate surface area is 197 Å². The van der Waals surface area contributed by atoms with E-state index in [1.54, 1.807) is 0 Å². The van der Waals surface area contributed by atoms with E-state index in [-0.39, 0.29) is 0 Å². The minimum Gasteiger partial charge on any atom is -0.0610 e. The van der Waals surface area contributed by atoms with Crippen molar-refractivity contribution in [1.29, 1.82) is 0 Å². The van der Waals surface area contributed by atoms with Crippen molar-refractivity contribution in [3.8, 4) is 0 Å². The Morgan fingerprint density at radius 1 is 0.294 bits per heavy atom. The van der Waals surface area contributed by atoms with Crippen LogP contribution in [-0.2, 0) is 0 Å². The van der Waals surface area contributed by atoms with Gasteiger partial charge in [0, 0.05) is 0 Å². The van der Waals surface area contributed by atoms with Crippen LogP contribution in [0.3, 0.4) is 0 Å². The zero-order valence-corrected chi connectivity index (χ0v) is 18.5. The summed E-state index contributed by atoms with van der Waals surface area (Å²) in [4.78, 5) is 0. The molecule has 0 nitrogen and oxygen atoms in total. The number of hydrogen-bond donors (Lipinski definition) is 0. The van der Waals surface area contributed by atoms with Crippen LogP contribution in [0.2, 0.25) is 0 Å². The van der Waals surface area contributed by atoms with Crippen molar-refractivity contribution in [2.45, 2.75) is 0 Å². The molecule has 0 N–H and O–H groups in total. The Kier molecular flexibility index (Phi) is 3.48. The van der Waals surface area contributed by atoms with Gasteiger partial charge < -0.3 is 0 Å². The number of rotatable bonds is 2. The quantitative estimate of drug-likeness (QED) is 0.190. The summed E-state index contributed by atoms with van der Waals surface area (Å²) < 4.78 is 0. The lowest BCUT2D eigenvalue weighted by Crippen LogP contribution is -1.87. The standard InChI is InChI=1S/C34H20/c1-3-23-13-15-27-11-9-21(29-19-17-25(5-1)31(23)33(27)29)7-8-22-10-12-28-16-14-24-4-2-6-26-18-20-30(22)34(28)32(24)26/h1-20H/b8-7+. The van der Waals surface area contributed by atoms with E-state index in [9.17, 15) is 0 Å². The highest BCUT2D eigenvalue weighted by Crippen LogP contribution is 2.38. The molecule has 34 heavy (non-hydrogen) atoms. The topological polar surface area (TPSA) is 0 Å². The third-order valence-corrected chi connectivity index (χ3v) is 7.57. The lowest BCUT2D eigenvalue weighted by molar-refractivity contribution is 1.74. The van der Waals surface area contributed by atoms with Crippen LogP contribution in [0, 0.1) is 0 Å². The van der Waals surface area contributed by atoms with Crippen LogP contribution in [0.5, 0.6) is 0 Å². The molecular formula is C34H20. The van der Waals surface area contributed by atoms with Gasteiger partial charge in [0.1, 0.15) is 0 Å². The van der Waals surface area contributed by atoms with Gasteiger partial charge in [-0.25, -0.2) is 0 Å². The molecule has 0 aliphatic carbocycles. The van der Waals surface area contributed by atoms with Crippen molar-refractivity contribution in [2.75, 3.05) is 0 Å². The second-order valence-corrected chi connectivity index (χ2v) is 9.35. The molecule has 0 unspecified atom stereocenters. The van der Waals surface area contributed by atoms with E-state index < -0.39 is 0 Å². The fourth-order valence-corrected chi connectivity index (χ4v) is 5.99. The van der Waals surface area contributed by atoms with Crippen molar-refractivity contribution >= 4 is 76.8 Å². The monoisotopic (exact) mass is 428 g/mol. The van der Waals surface area contributed by atoms with Crippen molar-refractivity contribution in [1.82, 2.24) is 0 Å². The van der Waals surface area contributed by atoms with Crippen molar-refractivity contribution < 1.29 is 0 Å². The SMILES string of the molecule is C(=C\c1ccc2ccc3cccc4ccc1c2c34)/c1ccc2ccc3cccc4ccc1c2c34. The minimum absolute atomic E-state index is 1.26. The predicted octanol–water partition coefficient (Wildman–Crippen LogP) is 9.65. The van der Waals surface area contributed by atoms with Crippen LogP contribution in [0.15, 0.2) is 109 Å². The molecule has 0 bridgehead atoms. The zero-order chi connectivity index (χ0) is 22.2. The maximum atomic E-state index is 2.29. The Balaban J connectivity index is 1.37. The highest BCUT2D eigenvalue weighted by Gasteiger charge is 2.11. The van der Waals surface area contributed by atoms with E-state index in [1.165, 1.54) is 75.8 Å². The Bertz CT molecular complexity index is 1870. The fraction of sp³-hybridized carbons (Fsp3) is 0. The molecule has 0 saturated heterocycles. The van der Waals surface area contributed by atoms with Crippen molar-refractivity contribution in [3.05, 3.63) is 120 Å². The maximum absolute atomic E-state index is 2.29. The number of benzene rings is 8. The summed E-state index contributed by atoms with van der Waals surface area (Å²) in [5.74, 6) is 0. The summed E-state index contributed by atoms with van der Waals surface area (Å²) in [5.41, 5.74) is 2.52. The smallest absolute Gasteiger partial charge is 0.00208 e. The minimum atomic E-state index is 1.26. The van der Waals surface area contributed by atoms with E-state index in [0.717, 1.165) is 0 Å². The first-order valence-electron chi connectivity index (χ1n) is 11.9. The summed E-state index contributed by atoms with van der Waals surface area (Å²) >= 11 is 0. The second kappa shape index (κ2) is 6.56. The summed E-state index contributed by atoms with van der Waals surface area (Å²) in [7, 11) is 0. The van der Waals surface area contributed by atoms with Gasteiger partial charge >= 0.3 is 0 Å². The molecule has 0 amide bonds. The summed E-state index contributed by atoms with van der Waals surface area (Å²) in [6.07, 6.45) is 4.58. The molecule has 0 heterocycles. The molecule has 0 radical (unpaired) electrons. The average molecular weight is 429 g/mol. The first-order chi connectivity index (χ1) is 16.8. The molecule has 0 spiro atoms. The summed E-state index contributed by atoms with van der Waals surface area (Å²) in [5, 5.41) is 16.0. The van der Waals surface area contributed by atoms with E-state index in [1.807, 2.05) is 0 Å². The molecule has 0 aromatic heterocycles. The van der Waals surface area contributed by atoms with Crippen LogP contribution in [-0.4, -0.2) is 0 Å². The van der Waals surface area contributed by atoms with Crippen LogP contribution in [0.25, 0.3) is 76.8 Å². The lowest BCUT2D eigenvalue weighted by atomic mass is 9.90.